The average molecular weight is 500 g/mol. The molecule has 1 fully saturated rings. The summed E-state index contributed by atoms with van der Waals surface area (Å²) in [6, 6.07) is -2.48. The summed E-state index contributed by atoms with van der Waals surface area (Å²) < 4.78 is 3.23. The fourth-order valence-electron chi connectivity index (χ4n) is 2.86. The number of allylic oxidation sites excluding steroid dienone is 1. The van der Waals surface area contributed by atoms with Crippen molar-refractivity contribution in [3.8, 4) is 0 Å². The van der Waals surface area contributed by atoms with E-state index in [0.717, 1.165) is 0 Å². The molecule has 0 spiro atoms. The number of nitrogens with one attached hydrogen (secondary N) is 3. The van der Waals surface area contributed by atoms with Gasteiger partial charge in [0.15, 0.2) is 0 Å². The zero-order valence-electron chi connectivity index (χ0n) is 17.9. The summed E-state index contributed by atoms with van der Waals surface area (Å²) in [6.07, 6.45) is 3.86. The Kier molecular flexibility index (Phi) is 11.1. The smallest absolute Gasteiger partial charge is 0.325 e. The zero-order valence-corrected chi connectivity index (χ0v) is 20.2. The third kappa shape index (κ3) is 9.64. The molecule has 176 valence electrons. The summed E-state index contributed by atoms with van der Waals surface area (Å²) in [5.74, 6) is -2.16. The molecule has 31 heavy (non-hydrogen) atoms. The summed E-state index contributed by atoms with van der Waals surface area (Å²) in [4.78, 5) is 49.4. The Bertz CT molecular complexity index is 697. The van der Waals surface area contributed by atoms with E-state index in [1.807, 2.05) is 0 Å². The van der Waals surface area contributed by atoms with Gasteiger partial charge in [-0.1, -0.05) is 54.7 Å². The predicted molar refractivity (Wildman–Crippen MR) is 118 cm³/mol. The molecule has 1 aliphatic heterocycles. The molecule has 0 saturated carbocycles. The first-order chi connectivity index (χ1) is 14.4. The second-order valence-electron chi connectivity index (χ2n) is 7.50. The molecule has 12 heteroatoms. The van der Waals surface area contributed by atoms with E-state index < -0.39 is 52.2 Å². The molecule has 0 aromatic heterocycles. The third-order valence-electron chi connectivity index (χ3n) is 4.41. The summed E-state index contributed by atoms with van der Waals surface area (Å²) >= 11 is 16.7. The lowest BCUT2D eigenvalue weighted by Gasteiger charge is -2.34. The molecular weight excluding hydrogens is 471 g/mol. The second kappa shape index (κ2) is 12.5. The van der Waals surface area contributed by atoms with Gasteiger partial charge in [0.05, 0.1) is 0 Å². The van der Waals surface area contributed by atoms with Gasteiger partial charge in [0.2, 0.25) is 15.6 Å². The van der Waals surface area contributed by atoms with E-state index in [-0.39, 0.29) is 5.92 Å². The highest BCUT2D eigenvalue weighted by Gasteiger charge is 2.34. The van der Waals surface area contributed by atoms with Crippen molar-refractivity contribution in [2.45, 2.75) is 62.5 Å². The third-order valence-corrected chi connectivity index (χ3v) is 4.74. The van der Waals surface area contributed by atoms with Crippen LogP contribution in [0.3, 0.4) is 0 Å². The number of esters is 1. The topological polar surface area (TPSA) is 117 Å². The fourth-order valence-corrected chi connectivity index (χ4v) is 3.02. The highest BCUT2D eigenvalue weighted by molar-refractivity contribution is 6.67. The summed E-state index contributed by atoms with van der Waals surface area (Å²) in [5, 5.41) is 6.50. The van der Waals surface area contributed by atoms with Gasteiger partial charge in [-0.15, -0.1) is 0 Å². The van der Waals surface area contributed by atoms with Crippen LogP contribution in [0.15, 0.2) is 12.2 Å². The van der Waals surface area contributed by atoms with E-state index in [1.165, 1.54) is 18.0 Å². The minimum Gasteiger partial charge on any atom is -0.460 e. The number of hydrazine groups is 1. The van der Waals surface area contributed by atoms with Gasteiger partial charge in [0.25, 0.3) is 5.91 Å². The van der Waals surface area contributed by atoms with E-state index >= 15 is 0 Å². The molecule has 0 aliphatic carbocycles. The molecule has 0 aromatic carbocycles. The normalized spacial score (nSPS) is 19.1. The van der Waals surface area contributed by atoms with Crippen LogP contribution >= 0.6 is 34.8 Å². The Morgan fingerprint density at radius 3 is 2.39 bits per heavy atom. The van der Waals surface area contributed by atoms with Gasteiger partial charge in [0, 0.05) is 6.54 Å². The maximum Gasteiger partial charge on any atom is 0.325 e. The fraction of sp³-hybridized carbons (Fsp3) is 0.684. The molecule has 1 heterocycles. The first-order valence-electron chi connectivity index (χ1n) is 9.90. The van der Waals surface area contributed by atoms with Crippen LogP contribution in [0.4, 0.5) is 0 Å². The molecule has 0 radical (unpaired) electrons. The highest BCUT2D eigenvalue weighted by Crippen LogP contribution is 2.26. The molecule has 1 saturated heterocycles. The number of rotatable bonds is 8. The van der Waals surface area contributed by atoms with E-state index in [2.05, 4.69) is 16.1 Å². The molecule has 3 amide bonds. The average Bonchev–Trinajstić information content (AvgIpc) is 2.69. The second-order valence-corrected chi connectivity index (χ2v) is 10.0. The molecular formula is C19H29Cl3N4O5. The lowest BCUT2D eigenvalue weighted by molar-refractivity contribution is -0.152. The molecule has 2 unspecified atom stereocenters. The number of hydrogen-bond acceptors (Lipinski definition) is 6. The van der Waals surface area contributed by atoms with E-state index in [4.69, 9.17) is 39.5 Å². The largest absolute Gasteiger partial charge is 0.460 e. The van der Waals surface area contributed by atoms with Crippen LogP contribution in [0.1, 0.15) is 40.5 Å². The van der Waals surface area contributed by atoms with Crippen molar-refractivity contribution in [1.82, 2.24) is 21.1 Å². The number of nitrogens with zero attached hydrogens (tertiary/aromatic N) is 1. The van der Waals surface area contributed by atoms with Crippen LogP contribution < -0.4 is 16.1 Å². The van der Waals surface area contributed by atoms with Crippen LogP contribution in [-0.4, -0.2) is 63.8 Å². The Labute approximate surface area is 197 Å². The number of hydrogen-bond donors (Lipinski definition) is 3. The number of carbonyl (C=O) groups is 4. The predicted octanol–water partition coefficient (Wildman–Crippen LogP) is 1.62. The Morgan fingerprint density at radius 1 is 1.19 bits per heavy atom. The Balaban J connectivity index is 2.69. The molecule has 0 bridgehead atoms. The molecule has 3 N–H and O–H groups in total. The molecule has 1 rings (SSSR count). The van der Waals surface area contributed by atoms with Crippen molar-refractivity contribution in [3.05, 3.63) is 12.2 Å². The number of carbonyl (C=O) groups excluding carboxylic acids is 4. The maximum absolute atomic E-state index is 12.8. The van der Waals surface area contributed by atoms with Gasteiger partial charge in [-0.2, -0.15) is 0 Å². The van der Waals surface area contributed by atoms with Crippen molar-refractivity contribution < 1.29 is 23.9 Å². The molecule has 9 nitrogen and oxygen atoms in total. The summed E-state index contributed by atoms with van der Waals surface area (Å²) in [5.41, 5.74) is 2.79. The van der Waals surface area contributed by atoms with Crippen molar-refractivity contribution in [1.29, 1.82) is 0 Å². The zero-order chi connectivity index (χ0) is 23.8. The van der Waals surface area contributed by atoms with Gasteiger partial charge in [-0.05, 0) is 38.7 Å². The number of amides is 3. The Hall–Kier alpha value is -1.55. The van der Waals surface area contributed by atoms with Crippen LogP contribution in [0.25, 0.3) is 0 Å². The lowest BCUT2D eigenvalue weighted by Crippen LogP contribution is -2.61. The number of halogens is 3. The molecule has 1 aliphatic rings. The minimum atomic E-state index is -1.73. The van der Waals surface area contributed by atoms with Gasteiger partial charge in [-0.25, -0.2) is 5.43 Å². The standard InChI is InChI=1S/C19H29Cl3N4O5/c1-5-7-14(27)24-15(11(2)3)16(28)23-12(4)17(29)26-9-6-8-13(25-26)18(30)31-10-19(20,21)22/h5,7,11-13,15,25H,6,8-10H2,1-4H3,(H,23,28)(H,24,27)/b7-5+/t12?,13-,15?/m0/s1. The van der Waals surface area contributed by atoms with E-state index in [1.54, 1.807) is 26.8 Å². The first kappa shape index (κ1) is 27.5. The highest BCUT2D eigenvalue weighted by atomic mass is 35.6. The van der Waals surface area contributed by atoms with E-state index in [0.29, 0.717) is 19.4 Å². The summed E-state index contributed by atoms with van der Waals surface area (Å²) in [7, 11) is 0. The van der Waals surface area contributed by atoms with Gasteiger partial charge < -0.3 is 15.4 Å². The first-order valence-corrected chi connectivity index (χ1v) is 11.0. The van der Waals surface area contributed by atoms with Crippen molar-refractivity contribution in [3.63, 3.8) is 0 Å². The monoisotopic (exact) mass is 498 g/mol. The SMILES string of the molecule is C/C=C/C(=O)NC(C(=O)NC(C)C(=O)N1CCC[C@@H](C(=O)OCC(Cl)(Cl)Cl)N1)C(C)C. The number of ether oxygens (including phenoxy) is 1. The Morgan fingerprint density at radius 2 is 1.84 bits per heavy atom. The van der Waals surface area contributed by atoms with Gasteiger partial charge in [0.1, 0.15) is 24.7 Å². The van der Waals surface area contributed by atoms with E-state index in [9.17, 15) is 19.2 Å². The minimum absolute atomic E-state index is 0.193. The number of alkyl halides is 3. The lowest BCUT2D eigenvalue weighted by atomic mass is 10.0. The van der Waals surface area contributed by atoms with Crippen molar-refractivity contribution >= 4 is 58.5 Å². The van der Waals surface area contributed by atoms with Crippen molar-refractivity contribution in [2.24, 2.45) is 5.92 Å². The van der Waals surface area contributed by atoms with Crippen molar-refractivity contribution in [2.75, 3.05) is 13.2 Å². The molecule has 3 atom stereocenters. The molecule has 0 aromatic rings. The van der Waals surface area contributed by atoms with Crippen LogP contribution in [0, 0.1) is 5.92 Å². The van der Waals surface area contributed by atoms with Crippen LogP contribution in [-0.2, 0) is 23.9 Å². The van der Waals surface area contributed by atoms with Gasteiger partial charge in [-0.3, -0.25) is 24.2 Å². The maximum atomic E-state index is 12.8. The van der Waals surface area contributed by atoms with Gasteiger partial charge >= 0.3 is 5.97 Å². The quantitative estimate of drug-likeness (QED) is 0.265. The van der Waals surface area contributed by atoms with Crippen LogP contribution in [0.2, 0.25) is 0 Å². The summed E-state index contributed by atoms with van der Waals surface area (Å²) in [6.45, 7) is 6.72. The van der Waals surface area contributed by atoms with Crippen LogP contribution in [0.5, 0.6) is 0 Å².